The second kappa shape index (κ2) is 13.1. The predicted molar refractivity (Wildman–Crippen MR) is 134 cm³/mol. The first-order valence-corrected chi connectivity index (χ1v) is 12.5. The maximum atomic E-state index is 8.12. The predicted octanol–water partition coefficient (Wildman–Crippen LogP) is 3.87. The second-order valence-electron chi connectivity index (χ2n) is 9.01. The van der Waals surface area contributed by atoms with Gasteiger partial charge in [-0.05, 0) is 82.8 Å². The Morgan fingerprint density at radius 2 is 1.20 bits per heavy atom. The molecule has 1 N–H and O–H groups in total. The van der Waals surface area contributed by atoms with E-state index in [0.29, 0.717) is 10.8 Å². The average Bonchev–Trinajstić information content (AvgIpc) is 3.60. The van der Waals surface area contributed by atoms with Crippen molar-refractivity contribution in [3.05, 3.63) is 69.9 Å². The zero-order chi connectivity index (χ0) is 24.1. The van der Waals surface area contributed by atoms with Crippen LogP contribution in [0.25, 0.3) is 20.2 Å². The summed E-state index contributed by atoms with van der Waals surface area (Å²) in [6, 6.07) is 18.0. The number of thiophene rings is 2. The first kappa shape index (κ1) is 30.7. The number of rotatable bonds is 2. The summed E-state index contributed by atoms with van der Waals surface area (Å²) in [4.78, 5) is 33.9. The van der Waals surface area contributed by atoms with Crippen LogP contribution in [0.3, 0.4) is 0 Å². The molecule has 2 fully saturated rings. The monoisotopic (exact) mass is 502 g/mol. The van der Waals surface area contributed by atoms with Crippen LogP contribution >= 0.6 is 22.7 Å². The third-order valence-corrected chi connectivity index (χ3v) is 8.51. The first-order chi connectivity index (χ1) is 15.8. The van der Waals surface area contributed by atoms with Gasteiger partial charge in [0.2, 0.25) is 0 Å². The van der Waals surface area contributed by atoms with Gasteiger partial charge in [0, 0.05) is 14.3 Å². The van der Waals surface area contributed by atoms with Crippen LogP contribution in [-0.2, 0) is 30.0 Å². The van der Waals surface area contributed by atoms with Gasteiger partial charge >= 0.3 is 31.2 Å². The number of aryl methyl sites for hydroxylation is 1. The van der Waals surface area contributed by atoms with Crippen molar-refractivity contribution in [3.8, 4) is 0 Å². The molecule has 2 saturated carbocycles. The minimum Gasteiger partial charge on any atom is -0.870 e. The van der Waals surface area contributed by atoms with Gasteiger partial charge in [0.1, 0.15) is 0 Å². The second-order valence-corrected chi connectivity index (χ2v) is 11.2. The Kier molecular flexibility index (Phi) is 11.5. The summed E-state index contributed by atoms with van der Waals surface area (Å²) in [6.07, 6.45) is 5.96. The van der Waals surface area contributed by atoms with Crippen LogP contribution in [0.5, 0.6) is 0 Å². The molecule has 0 amide bonds. The van der Waals surface area contributed by atoms with Crippen molar-refractivity contribution < 1.29 is 43.5 Å². The van der Waals surface area contributed by atoms with Gasteiger partial charge in [-0.3, -0.25) is 0 Å². The van der Waals surface area contributed by atoms with Crippen molar-refractivity contribution in [1.29, 1.82) is 0 Å². The molecule has 0 radical (unpaired) electrons. The van der Waals surface area contributed by atoms with Crippen LogP contribution in [0.2, 0.25) is 0 Å². The largest absolute Gasteiger partial charge is 1.00 e. The van der Waals surface area contributed by atoms with Gasteiger partial charge in [0.25, 0.3) is 0 Å². The van der Waals surface area contributed by atoms with Gasteiger partial charge in [-0.1, -0.05) is 50.2 Å². The number of hydrogen-bond acceptors (Lipinski definition) is 7. The van der Waals surface area contributed by atoms with Gasteiger partial charge < -0.3 is 5.48 Å². The molecule has 0 bridgehead atoms. The standard InChI is InChI=1S/C13H14S.C12H12S.2CO2.Li.H2O/c1-9-8-10-4-3-5-11(12(10)14-9)13(2)6-7-13;1-12(6-7-12)10-4-2-3-9-5-8-13-11(9)10;2*2-1-3;;/h3-5,8H,6-7H2,1-2H3;2-5,8H,6-7H2,1H3;;;;1H2/q;;;;+1;/p-1. The molecule has 0 atom stereocenters. The molecule has 2 aliphatic rings. The summed E-state index contributed by atoms with van der Waals surface area (Å²) < 4.78 is 3.02. The molecule has 0 saturated heterocycles. The van der Waals surface area contributed by atoms with Gasteiger partial charge in [-0.25, -0.2) is 0 Å². The Labute approximate surface area is 225 Å². The maximum Gasteiger partial charge on any atom is 1.00 e. The minimum atomic E-state index is 0. The van der Waals surface area contributed by atoms with E-state index in [9.17, 15) is 0 Å². The molecule has 4 aromatic rings. The summed E-state index contributed by atoms with van der Waals surface area (Å²) in [5.41, 5.74) is 4.15. The van der Waals surface area contributed by atoms with Crippen LogP contribution in [0, 0.1) is 6.92 Å². The first-order valence-electron chi connectivity index (χ1n) is 10.8. The molecule has 5 nitrogen and oxygen atoms in total. The third-order valence-electron chi connectivity index (χ3n) is 6.45. The van der Waals surface area contributed by atoms with Crippen molar-refractivity contribution in [1.82, 2.24) is 0 Å². The van der Waals surface area contributed by atoms with Gasteiger partial charge in [0.15, 0.2) is 0 Å². The SMILES string of the molecule is CC1(c2cccc3ccsc23)CC1.Cc1cc2cccc(C3(C)CC3)c2s1.O=C=O.O=C=O.[Li+].[OH-]. The van der Waals surface area contributed by atoms with E-state index in [-0.39, 0.29) is 36.6 Å². The molecule has 0 unspecified atom stereocenters. The van der Waals surface area contributed by atoms with Crippen LogP contribution in [0.15, 0.2) is 53.9 Å². The van der Waals surface area contributed by atoms with Crippen LogP contribution in [-0.4, -0.2) is 17.8 Å². The summed E-state index contributed by atoms with van der Waals surface area (Å²) >= 11 is 3.83. The van der Waals surface area contributed by atoms with E-state index >= 15 is 0 Å². The molecular formula is C27H27LiO5S2. The number of carbonyl (C=O) groups excluding carboxylic acids is 4. The average molecular weight is 503 g/mol. The molecule has 0 aliphatic heterocycles. The Morgan fingerprint density at radius 3 is 1.69 bits per heavy atom. The van der Waals surface area contributed by atoms with Crippen molar-refractivity contribution in [3.63, 3.8) is 0 Å². The van der Waals surface area contributed by atoms with Crippen molar-refractivity contribution in [2.45, 2.75) is 57.3 Å². The van der Waals surface area contributed by atoms with Crippen molar-refractivity contribution >= 4 is 55.1 Å². The summed E-state index contributed by atoms with van der Waals surface area (Å²) in [6.45, 7) is 6.96. The molecule has 2 heterocycles. The molecule has 35 heavy (non-hydrogen) atoms. The Morgan fingerprint density at radius 1 is 0.743 bits per heavy atom. The van der Waals surface area contributed by atoms with E-state index in [4.69, 9.17) is 19.2 Å². The fourth-order valence-corrected chi connectivity index (χ4v) is 6.29. The zero-order valence-electron chi connectivity index (χ0n) is 20.4. The van der Waals surface area contributed by atoms with Crippen LogP contribution in [0.1, 0.15) is 55.5 Å². The van der Waals surface area contributed by atoms with E-state index in [1.54, 1.807) is 11.1 Å². The van der Waals surface area contributed by atoms with E-state index in [1.165, 1.54) is 50.7 Å². The Hall–Kier alpha value is -2.32. The van der Waals surface area contributed by atoms with Gasteiger partial charge in [0.05, 0.1) is 0 Å². The molecule has 2 aromatic carbocycles. The van der Waals surface area contributed by atoms with Crippen molar-refractivity contribution in [2.75, 3.05) is 0 Å². The van der Waals surface area contributed by atoms with E-state index in [2.05, 4.69) is 74.7 Å². The molecule has 0 spiro atoms. The molecular weight excluding hydrogens is 475 g/mol. The fourth-order valence-electron chi connectivity index (χ4n) is 4.05. The quantitative estimate of drug-likeness (QED) is 0.388. The Balaban J connectivity index is 0.000000275. The van der Waals surface area contributed by atoms with Gasteiger partial charge in [-0.2, -0.15) is 19.2 Å². The summed E-state index contributed by atoms with van der Waals surface area (Å²) in [5.74, 6) is 0. The third kappa shape index (κ3) is 7.33. The maximum absolute atomic E-state index is 8.12. The van der Waals surface area contributed by atoms with E-state index < -0.39 is 0 Å². The molecule has 178 valence electrons. The molecule has 2 aromatic heterocycles. The van der Waals surface area contributed by atoms with E-state index in [1.807, 2.05) is 22.7 Å². The smallest absolute Gasteiger partial charge is 0.870 e. The topological polar surface area (TPSA) is 98.3 Å². The molecule has 8 heteroatoms. The number of hydrogen-bond donors (Lipinski definition) is 0. The van der Waals surface area contributed by atoms with Crippen LogP contribution < -0.4 is 18.9 Å². The van der Waals surface area contributed by atoms with Gasteiger partial charge in [-0.15, -0.1) is 22.7 Å². The Bertz CT molecular complexity index is 1310. The fraction of sp³-hybridized carbons (Fsp3) is 0.333. The number of fused-ring (bicyclic) bond motifs is 2. The summed E-state index contributed by atoms with van der Waals surface area (Å²) in [5, 5.41) is 5.04. The zero-order valence-corrected chi connectivity index (χ0v) is 22.1. The van der Waals surface area contributed by atoms with E-state index in [0.717, 1.165) is 0 Å². The van der Waals surface area contributed by atoms with Crippen molar-refractivity contribution in [2.24, 2.45) is 0 Å². The molecule has 2 aliphatic carbocycles. The molecule has 6 rings (SSSR count). The summed E-state index contributed by atoms with van der Waals surface area (Å²) in [7, 11) is 0. The normalized spacial score (nSPS) is 15.1. The van der Waals surface area contributed by atoms with Crippen LogP contribution in [0.4, 0.5) is 0 Å². The minimum absolute atomic E-state index is 0. The number of benzene rings is 2.